The van der Waals surface area contributed by atoms with Gasteiger partial charge in [-0.15, -0.1) is 10.2 Å². The van der Waals surface area contributed by atoms with Crippen LogP contribution in [0.5, 0.6) is 0 Å². The third-order valence-electron chi connectivity index (χ3n) is 5.18. The summed E-state index contributed by atoms with van der Waals surface area (Å²) in [4.78, 5) is 2.57. The van der Waals surface area contributed by atoms with Crippen LogP contribution in [-0.2, 0) is 4.74 Å². The summed E-state index contributed by atoms with van der Waals surface area (Å²) in [7, 11) is 0. The summed E-state index contributed by atoms with van der Waals surface area (Å²) in [5.74, 6) is 1.60. The summed E-state index contributed by atoms with van der Waals surface area (Å²) in [5, 5.41) is 16.6. The van der Waals surface area contributed by atoms with Crippen LogP contribution in [0.3, 0.4) is 0 Å². The van der Waals surface area contributed by atoms with Crippen molar-refractivity contribution in [3.63, 3.8) is 0 Å². The molecule has 7 nitrogen and oxygen atoms in total. The second-order valence-electron chi connectivity index (χ2n) is 7.09. The summed E-state index contributed by atoms with van der Waals surface area (Å²) in [6.07, 6.45) is 3.45. The number of aryl methyl sites for hydroxylation is 2. The van der Waals surface area contributed by atoms with E-state index in [1.54, 1.807) is 0 Å². The maximum atomic E-state index is 5.51. The molecule has 2 aromatic rings. The predicted octanol–water partition coefficient (Wildman–Crippen LogP) is 1.94. The second-order valence-corrected chi connectivity index (χ2v) is 7.09. The molecule has 0 saturated carbocycles. The first-order valence-corrected chi connectivity index (χ1v) is 9.15. The second kappa shape index (κ2) is 7.09. The maximum Gasteiger partial charge on any atom is 0.176 e. The molecule has 1 N–H and O–H groups in total. The molecule has 2 saturated heterocycles. The molecule has 4 heterocycles. The molecule has 0 spiro atoms. The van der Waals surface area contributed by atoms with Gasteiger partial charge in [0.2, 0.25) is 0 Å². The van der Waals surface area contributed by atoms with Crippen LogP contribution >= 0.6 is 0 Å². The molecule has 0 amide bonds. The average molecular weight is 342 g/mol. The number of nitrogens with zero attached hydrogens (tertiary/aromatic N) is 5. The predicted molar refractivity (Wildman–Crippen MR) is 96.1 cm³/mol. The van der Waals surface area contributed by atoms with Gasteiger partial charge in [0, 0.05) is 37.5 Å². The number of likely N-dealkylation sites (tertiary alicyclic amines) is 1. The third-order valence-corrected chi connectivity index (χ3v) is 5.18. The largest absolute Gasteiger partial charge is 0.380 e. The van der Waals surface area contributed by atoms with Crippen molar-refractivity contribution >= 4 is 5.82 Å². The van der Waals surface area contributed by atoms with Gasteiger partial charge in [-0.3, -0.25) is 4.90 Å². The molecule has 0 aliphatic carbocycles. The van der Waals surface area contributed by atoms with E-state index in [1.807, 2.05) is 36.7 Å². The zero-order valence-electron chi connectivity index (χ0n) is 15.0. The zero-order chi connectivity index (χ0) is 17.2. The number of rotatable bonds is 4. The van der Waals surface area contributed by atoms with Crippen LogP contribution in [0.25, 0.3) is 5.82 Å². The van der Waals surface area contributed by atoms with E-state index in [2.05, 4.69) is 25.5 Å². The van der Waals surface area contributed by atoms with Crippen LogP contribution in [0, 0.1) is 13.8 Å². The Morgan fingerprint density at radius 2 is 1.96 bits per heavy atom. The van der Waals surface area contributed by atoms with Crippen molar-refractivity contribution in [1.82, 2.24) is 24.9 Å². The van der Waals surface area contributed by atoms with Gasteiger partial charge in [-0.1, -0.05) is 0 Å². The van der Waals surface area contributed by atoms with Gasteiger partial charge in [-0.05, 0) is 51.3 Å². The lowest BCUT2D eigenvalue weighted by Crippen LogP contribution is -2.44. The lowest BCUT2D eigenvalue weighted by molar-refractivity contribution is 0.124. The minimum Gasteiger partial charge on any atom is -0.380 e. The summed E-state index contributed by atoms with van der Waals surface area (Å²) in [6, 6.07) is 7.10. The van der Waals surface area contributed by atoms with Crippen molar-refractivity contribution < 1.29 is 4.74 Å². The molecule has 2 aromatic heterocycles. The Bertz CT molecular complexity index is 699. The monoisotopic (exact) mass is 342 g/mol. The Labute approximate surface area is 148 Å². The molecule has 1 atom stereocenters. The molecule has 1 unspecified atom stereocenters. The van der Waals surface area contributed by atoms with E-state index in [-0.39, 0.29) is 0 Å². The molecule has 0 radical (unpaired) electrons. The van der Waals surface area contributed by atoms with E-state index in [0.29, 0.717) is 12.1 Å². The van der Waals surface area contributed by atoms with E-state index < -0.39 is 0 Å². The molecule has 0 aromatic carbocycles. The fraction of sp³-hybridized carbons (Fsp3) is 0.611. The Balaban J connectivity index is 1.33. The van der Waals surface area contributed by atoms with Gasteiger partial charge in [0.25, 0.3) is 0 Å². The summed E-state index contributed by atoms with van der Waals surface area (Å²) in [5.41, 5.74) is 2.05. The van der Waals surface area contributed by atoms with Gasteiger partial charge < -0.3 is 10.1 Å². The maximum absolute atomic E-state index is 5.51. The van der Waals surface area contributed by atoms with Crippen LogP contribution in [-0.4, -0.2) is 63.3 Å². The Morgan fingerprint density at radius 1 is 1.12 bits per heavy atom. The highest BCUT2D eigenvalue weighted by atomic mass is 16.5. The highest BCUT2D eigenvalue weighted by Crippen LogP contribution is 2.21. The van der Waals surface area contributed by atoms with Gasteiger partial charge >= 0.3 is 0 Å². The van der Waals surface area contributed by atoms with E-state index in [4.69, 9.17) is 4.74 Å². The van der Waals surface area contributed by atoms with Crippen LogP contribution in [0.2, 0.25) is 0 Å². The fourth-order valence-corrected chi connectivity index (χ4v) is 3.80. The van der Waals surface area contributed by atoms with Gasteiger partial charge in [0.1, 0.15) is 5.82 Å². The Hall–Kier alpha value is -1.99. The zero-order valence-corrected chi connectivity index (χ0v) is 15.0. The van der Waals surface area contributed by atoms with Crippen LogP contribution < -0.4 is 5.32 Å². The van der Waals surface area contributed by atoms with E-state index in [0.717, 1.165) is 62.2 Å². The molecule has 2 aliphatic heterocycles. The quantitative estimate of drug-likeness (QED) is 0.916. The average Bonchev–Trinajstić information content (AvgIpc) is 3.26. The van der Waals surface area contributed by atoms with Crippen molar-refractivity contribution in [1.29, 1.82) is 0 Å². The standard InChI is InChI=1S/C18H26N6O/c1-13-11-14(2)24(22-13)18-4-3-17(20-21-18)19-15-5-8-23(9-6-15)16-7-10-25-12-16/h3-4,11,15-16H,5-10,12H2,1-2H3,(H,19,20). The highest BCUT2D eigenvalue weighted by Gasteiger charge is 2.27. The molecule has 25 heavy (non-hydrogen) atoms. The Kier molecular flexibility index (Phi) is 4.67. The van der Waals surface area contributed by atoms with E-state index in [9.17, 15) is 0 Å². The SMILES string of the molecule is Cc1cc(C)n(-c2ccc(NC3CCN(C4CCOC4)CC3)nn2)n1. The van der Waals surface area contributed by atoms with Crippen molar-refractivity contribution in [2.24, 2.45) is 0 Å². The normalized spacial score (nSPS) is 22.4. The summed E-state index contributed by atoms with van der Waals surface area (Å²) >= 11 is 0. The summed E-state index contributed by atoms with van der Waals surface area (Å²) < 4.78 is 7.34. The lowest BCUT2D eigenvalue weighted by atomic mass is 10.0. The molecule has 134 valence electrons. The first kappa shape index (κ1) is 16.5. The van der Waals surface area contributed by atoms with Gasteiger partial charge in [-0.2, -0.15) is 5.10 Å². The number of aromatic nitrogens is 4. The van der Waals surface area contributed by atoms with Gasteiger partial charge in [-0.25, -0.2) is 4.68 Å². The Morgan fingerprint density at radius 3 is 2.56 bits per heavy atom. The van der Waals surface area contributed by atoms with Crippen molar-refractivity contribution in [3.05, 3.63) is 29.6 Å². The number of anilines is 1. The number of piperidine rings is 1. The minimum atomic E-state index is 0.465. The van der Waals surface area contributed by atoms with Crippen molar-refractivity contribution in [3.8, 4) is 5.82 Å². The van der Waals surface area contributed by atoms with E-state index >= 15 is 0 Å². The smallest absolute Gasteiger partial charge is 0.176 e. The number of hydrogen-bond acceptors (Lipinski definition) is 6. The van der Waals surface area contributed by atoms with Crippen molar-refractivity contribution in [2.75, 3.05) is 31.6 Å². The van der Waals surface area contributed by atoms with Crippen LogP contribution in [0.4, 0.5) is 5.82 Å². The topological polar surface area (TPSA) is 68.1 Å². The van der Waals surface area contributed by atoms with Gasteiger partial charge in [0.05, 0.1) is 12.3 Å². The third kappa shape index (κ3) is 3.67. The molecular weight excluding hydrogens is 316 g/mol. The molecule has 0 bridgehead atoms. The highest BCUT2D eigenvalue weighted by molar-refractivity contribution is 5.38. The number of nitrogens with one attached hydrogen (secondary N) is 1. The number of hydrogen-bond donors (Lipinski definition) is 1. The molecule has 2 aliphatic rings. The van der Waals surface area contributed by atoms with Crippen LogP contribution in [0.1, 0.15) is 30.7 Å². The van der Waals surface area contributed by atoms with Gasteiger partial charge in [0.15, 0.2) is 5.82 Å². The first-order valence-electron chi connectivity index (χ1n) is 9.15. The minimum absolute atomic E-state index is 0.465. The number of ether oxygens (including phenoxy) is 1. The fourth-order valence-electron chi connectivity index (χ4n) is 3.80. The molecule has 7 heteroatoms. The molecule has 2 fully saturated rings. The molecular formula is C18H26N6O. The first-order chi connectivity index (χ1) is 12.2. The van der Waals surface area contributed by atoms with E-state index in [1.165, 1.54) is 6.42 Å². The van der Waals surface area contributed by atoms with Crippen molar-refractivity contribution in [2.45, 2.75) is 45.2 Å². The molecule has 4 rings (SSSR count). The van der Waals surface area contributed by atoms with Crippen LogP contribution in [0.15, 0.2) is 18.2 Å². The summed E-state index contributed by atoms with van der Waals surface area (Å²) in [6.45, 7) is 8.08. The lowest BCUT2D eigenvalue weighted by Gasteiger charge is -2.35.